The summed E-state index contributed by atoms with van der Waals surface area (Å²) in [5.74, 6) is -1.04. The van der Waals surface area contributed by atoms with Gasteiger partial charge in [-0.2, -0.15) is 0 Å². The van der Waals surface area contributed by atoms with E-state index in [1.165, 1.54) is 37.3 Å². The molecule has 1 amide bonds. The van der Waals surface area contributed by atoms with Crippen LogP contribution in [0.3, 0.4) is 0 Å². The van der Waals surface area contributed by atoms with Gasteiger partial charge in [0.15, 0.2) is 0 Å². The SMILES string of the molecule is CC(=O)Nc1ccc(S(=O)(=O)N(CC(=O)Cl)c2ccc(F)c(Cl)c2)cc1. The van der Waals surface area contributed by atoms with E-state index in [0.717, 1.165) is 16.4 Å². The van der Waals surface area contributed by atoms with Gasteiger partial charge in [-0.05, 0) is 54.1 Å². The first-order valence-corrected chi connectivity index (χ1v) is 9.34. The molecule has 0 saturated carbocycles. The minimum atomic E-state index is -4.19. The molecular weight excluding hydrogens is 406 g/mol. The van der Waals surface area contributed by atoms with E-state index in [4.69, 9.17) is 23.2 Å². The summed E-state index contributed by atoms with van der Waals surface area (Å²) in [5.41, 5.74) is 0.387. The third kappa shape index (κ3) is 4.72. The summed E-state index contributed by atoms with van der Waals surface area (Å²) in [6, 6.07) is 8.55. The van der Waals surface area contributed by atoms with Gasteiger partial charge in [0.05, 0.1) is 15.6 Å². The lowest BCUT2D eigenvalue weighted by molar-refractivity contribution is -0.114. The van der Waals surface area contributed by atoms with Gasteiger partial charge in [-0.3, -0.25) is 13.9 Å². The van der Waals surface area contributed by atoms with Crippen LogP contribution in [0.25, 0.3) is 0 Å². The molecule has 0 aliphatic rings. The van der Waals surface area contributed by atoms with Crippen LogP contribution in [0, 0.1) is 5.82 Å². The Balaban J connectivity index is 2.46. The average Bonchev–Trinajstić information content (AvgIpc) is 2.55. The largest absolute Gasteiger partial charge is 0.326 e. The lowest BCUT2D eigenvalue weighted by Crippen LogP contribution is -2.34. The monoisotopic (exact) mass is 418 g/mol. The van der Waals surface area contributed by atoms with Crippen molar-refractivity contribution in [2.75, 3.05) is 16.2 Å². The van der Waals surface area contributed by atoms with Gasteiger partial charge in [-0.1, -0.05) is 11.6 Å². The summed E-state index contributed by atoms with van der Waals surface area (Å²) < 4.78 is 39.9. The first-order chi connectivity index (χ1) is 12.1. The van der Waals surface area contributed by atoms with E-state index in [-0.39, 0.29) is 21.5 Å². The molecule has 0 aromatic heterocycles. The van der Waals surface area contributed by atoms with Crippen molar-refractivity contribution >= 4 is 55.7 Å². The van der Waals surface area contributed by atoms with Crippen LogP contribution < -0.4 is 9.62 Å². The molecular formula is C16H13Cl2FN2O4S. The normalized spacial score (nSPS) is 11.1. The Morgan fingerprint density at radius 3 is 2.27 bits per heavy atom. The average molecular weight is 419 g/mol. The standard InChI is InChI=1S/C16H13Cl2FN2O4S/c1-10(22)20-11-2-5-13(6-3-11)26(24,25)21(9-16(18)23)12-4-7-15(19)14(17)8-12/h2-8H,9H2,1H3,(H,20,22). The summed E-state index contributed by atoms with van der Waals surface area (Å²) in [6.07, 6.45) is 0. The van der Waals surface area contributed by atoms with Crippen LogP contribution in [0.4, 0.5) is 15.8 Å². The second-order valence-electron chi connectivity index (χ2n) is 5.17. The van der Waals surface area contributed by atoms with Crippen LogP contribution in [-0.4, -0.2) is 26.1 Å². The molecule has 2 aromatic rings. The summed E-state index contributed by atoms with van der Waals surface area (Å²) in [6.45, 7) is 0.649. The van der Waals surface area contributed by atoms with Crippen molar-refractivity contribution in [3.63, 3.8) is 0 Å². The van der Waals surface area contributed by atoms with Gasteiger partial charge in [0.25, 0.3) is 10.0 Å². The molecule has 0 heterocycles. The maximum Gasteiger partial charge on any atom is 0.264 e. The predicted molar refractivity (Wildman–Crippen MR) is 97.5 cm³/mol. The maximum absolute atomic E-state index is 13.4. The molecule has 0 fully saturated rings. The molecule has 2 rings (SSSR count). The Morgan fingerprint density at radius 2 is 1.77 bits per heavy atom. The number of sulfonamides is 1. The van der Waals surface area contributed by atoms with Crippen LogP contribution >= 0.6 is 23.2 Å². The number of benzene rings is 2. The summed E-state index contributed by atoms with van der Waals surface area (Å²) in [7, 11) is -4.19. The van der Waals surface area contributed by atoms with E-state index in [1.54, 1.807) is 0 Å². The highest BCUT2D eigenvalue weighted by Gasteiger charge is 2.27. The number of halogens is 3. The molecule has 2 aromatic carbocycles. The number of hydrogen-bond donors (Lipinski definition) is 1. The van der Waals surface area contributed by atoms with E-state index in [0.29, 0.717) is 5.69 Å². The molecule has 0 aliphatic carbocycles. The fraction of sp³-hybridized carbons (Fsp3) is 0.125. The first-order valence-electron chi connectivity index (χ1n) is 7.15. The minimum Gasteiger partial charge on any atom is -0.326 e. The smallest absolute Gasteiger partial charge is 0.264 e. The van der Waals surface area contributed by atoms with Crippen molar-refractivity contribution in [2.24, 2.45) is 0 Å². The topological polar surface area (TPSA) is 83.6 Å². The number of nitrogens with one attached hydrogen (secondary N) is 1. The van der Waals surface area contributed by atoms with E-state index in [1.807, 2.05) is 0 Å². The third-order valence-electron chi connectivity index (χ3n) is 3.22. The Bertz CT molecular complexity index is 949. The van der Waals surface area contributed by atoms with Gasteiger partial charge in [0.2, 0.25) is 11.1 Å². The quantitative estimate of drug-likeness (QED) is 0.728. The van der Waals surface area contributed by atoms with Gasteiger partial charge < -0.3 is 5.32 Å². The van der Waals surface area contributed by atoms with Gasteiger partial charge >= 0.3 is 0 Å². The number of amides is 1. The lowest BCUT2D eigenvalue weighted by Gasteiger charge is -2.23. The van der Waals surface area contributed by atoms with Gasteiger partial charge in [0, 0.05) is 12.6 Å². The zero-order valence-electron chi connectivity index (χ0n) is 13.4. The van der Waals surface area contributed by atoms with Crippen molar-refractivity contribution in [2.45, 2.75) is 11.8 Å². The highest BCUT2D eigenvalue weighted by molar-refractivity contribution is 7.92. The highest BCUT2D eigenvalue weighted by atomic mass is 35.5. The summed E-state index contributed by atoms with van der Waals surface area (Å²) in [4.78, 5) is 22.2. The van der Waals surface area contributed by atoms with Crippen molar-refractivity contribution in [3.05, 3.63) is 53.3 Å². The molecule has 0 radical (unpaired) electrons. The minimum absolute atomic E-state index is 0.0173. The van der Waals surface area contributed by atoms with Crippen LogP contribution in [0.1, 0.15) is 6.92 Å². The molecule has 0 saturated heterocycles. The molecule has 10 heteroatoms. The van der Waals surface area contributed by atoms with E-state index >= 15 is 0 Å². The highest BCUT2D eigenvalue weighted by Crippen LogP contribution is 2.28. The fourth-order valence-corrected chi connectivity index (χ4v) is 3.89. The van der Waals surface area contributed by atoms with Crippen molar-refractivity contribution < 1.29 is 22.4 Å². The molecule has 6 nitrogen and oxygen atoms in total. The van der Waals surface area contributed by atoms with Gasteiger partial charge in [-0.15, -0.1) is 0 Å². The molecule has 0 spiro atoms. The number of hydrogen-bond acceptors (Lipinski definition) is 4. The molecule has 138 valence electrons. The fourth-order valence-electron chi connectivity index (χ4n) is 2.11. The van der Waals surface area contributed by atoms with Crippen LogP contribution in [0.15, 0.2) is 47.4 Å². The molecule has 1 N–H and O–H groups in total. The maximum atomic E-state index is 13.4. The molecule has 0 bridgehead atoms. The summed E-state index contributed by atoms with van der Waals surface area (Å²) in [5, 5.41) is 1.28. The second-order valence-corrected chi connectivity index (χ2v) is 7.86. The Kier molecular flexibility index (Phi) is 6.22. The van der Waals surface area contributed by atoms with E-state index in [2.05, 4.69) is 5.32 Å². The van der Waals surface area contributed by atoms with Crippen molar-refractivity contribution in [3.8, 4) is 0 Å². The molecule has 26 heavy (non-hydrogen) atoms. The first kappa shape index (κ1) is 20.2. The number of rotatable bonds is 6. The number of carbonyl (C=O) groups is 2. The Labute approximate surface area is 159 Å². The van der Waals surface area contributed by atoms with E-state index in [9.17, 15) is 22.4 Å². The molecule has 0 atom stereocenters. The second kappa shape index (κ2) is 8.03. The Morgan fingerprint density at radius 1 is 1.15 bits per heavy atom. The summed E-state index contributed by atoms with van der Waals surface area (Å²) >= 11 is 11.1. The van der Waals surface area contributed by atoms with Crippen LogP contribution in [0.5, 0.6) is 0 Å². The van der Waals surface area contributed by atoms with Crippen LogP contribution in [-0.2, 0) is 19.6 Å². The lowest BCUT2D eigenvalue weighted by atomic mass is 10.3. The Hall–Kier alpha value is -2.16. The number of carbonyl (C=O) groups excluding carboxylic acids is 2. The number of anilines is 2. The van der Waals surface area contributed by atoms with Crippen molar-refractivity contribution in [1.82, 2.24) is 0 Å². The van der Waals surface area contributed by atoms with Crippen LogP contribution in [0.2, 0.25) is 5.02 Å². The van der Waals surface area contributed by atoms with Gasteiger partial charge in [0.1, 0.15) is 12.4 Å². The zero-order chi connectivity index (χ0) is 19.5. The number of nitrogens with zero attached hydrogens (tertiary/aromatic N) is 1. The molecule has 0 aliphatic heterocycles. The van der Waals surface area contributed by atoms with Crippen molar-refractivity contribution in [1.29, 1.82) is 0 Å². The third-order valence-corrected chi connectivity index (χ3v) is 5.42. The zero-order valence-corrected chi connectivity index (χ0v) is 15.7. The van der Waals surface area contributed by atoms with E-state index < -0.39 is 27.6 Å². The van der Waals surface area contributed by atoms with Gasteiger partial charge in [-0.25, -0.2) is 12.8 Å². The predicted octanol–water partition coefficient (Wildman–Crippen LogP) is 3.40. The molecule has 0 unspecified atom stereocenters.